The van der Waals surface area contributed by atoms with E-state index in [1.54, 1.807) is 16.7 Å². The van der Waals surface area contributed by atoms with Crippen molar-refractivity contribution < 1.29 is 19.1 Å². The van der Waals surface area contributed by atoms with Crippen LogP contribution in [0.3, 0.4) is 0 Å². The second-order valence-electron chi connectivity index (χ2n) is 5.13. The molecule has 3 aromatic rings. The molecule has 0 bridgehead atoms. The SMILES string of the molecule is CCOc1ccc2c(c1)sc(=NC(=O)c1ccc(Br)s1)n2CC(=O)OC. The van der Waals surface area contributed by atoms with E-state index in [1.165, 1.54) is 29.8 Å². The minimum Gasteiger partial charge on any atom is -0.494 e. The summed E-state index contributed by atoms with van der Waals surface area (Å²) < 4.78 is 13.7. The zero-order chi connectivity index (χ0) is 18.7. The van der Waals surface area contributed by atoms with Gasteiger partial charge in [0.05, 0.1) is 32.6 Å². The molecule has 136 valence electrons. The molecule has 2 heterocycles. The molecule has 6 nitrogen and oxygen atoms in total. The summed E-state index contributed by atoms with van der Waals surface area (Å²) >= 11 is 5.98. The fourth-order valence-corrected chi connectivity index (χ4v) is 4.64. The summed E-state index contributed by atoms with van der Waals surface area (Å²) in [7, 11) is 1.33. The second-order valence-corrected chi connectivity index (χ2v) is 8.60. The number of ether oxygens (including phenoxy) is 2. The number of aromatic nitrogens is 1. The zero-order valence-electron chi connectivity index (χ0n) is 14.0. The first-order chi connectivity index (χ1) is 12.5. The van der Waals surface area contributed by atoms with E-state index in [2.05, 4.69) is 20.9 Å². The lowest BCUT2D eigenvalue weighted by Crippen LogP contribution is -2.22. The molecule has 0 aliphatic rings. The summed E-state index contributed by atoms with van der Waals surface area (Å²) in [6.45, 7) is 2.45. The largest absolute Gasteiger partial charge is 0.494 e. The Labute approximate surface area is 165 Å². The van der Waals surface area contributed by atoms with Crippen LogP contribution in [0.15, 0.2) is 39.1 Å². The number of esters is 1. The third-order valence-corrected chi connectivity index (χ3v) is 6.11. The predicted molar refractivity (Wildman–Crippen MR) is 105 cm³/mol. The number of benzene rings is 1. The Morgan fingerprint density at radius 1 is 1.23 bits per heavy atom. The summed E-state index contributed by atoms with van der Waals surface area (Å²) in [6, 6.07) is 9.07. The summed E-state index contributed by atoms with van der Waals surface area (Å²) in [5.41, 5.74) is 0.794. The number of fused-ring (bicyclic) bond motifs is 1. The highest BCUT2D eigenvalue weighted by atomic mass is 79.9. The van der Waals surface area contributed by atoms with Gasteiger partial charge in [-0.15, -0.1) is 11.3 Å². The van der Waals surface area contributed by atoms with Crippen LogP contribution >= 0.6 is 38.6 Å². The van der Waals surface area contributed by atoms with Gasteiger partial charge in [-0.3, -0.25) is 9.59 Å². The number of carbonyl (C=O) groups excluding carboxylic acids is 2. The Morgan fingerprint density at radius 3 is 2.69 bits per heavy atom. The number of carbonyl (C=O) groups is 2. The van der Waals surface area contributed by atoms with Crippen LogP contribution in [-0.2, 0) is 16.1 Å². The molecule has 26 heavy (non-hydrogen) atoms. The van der Waals surface area contributed by atoms with Gasteiger partial charge in [-0.2, -0.15) is 4.99 Å². The van der Waals surface area contributed by atoms with Crippen LogP contribution in [0.4, 0.5) is 0 Å². The van der Waals surface area contributed by atoms with Crippen molar-refractivity contribution in [1.29, 1.82) is 0 Å². The highest BCUT2D eigenvalue weighted by Crippen LogP contribution is 2.25. The van der Waals surface area contributed by atoms with E-state index in [0.717, 1.165) is 19.8 Å². The Balaban J connectivity index is 2.12. The lowest BCUT2D eigenvalue weighted by Gasteiger charge is -2.05. The molecule has 0 fully saturated rings. The van der Waals surface area contributed by atoms with Crippen LogP contribution in [0.25, 0.3) is 10.2 Å². The van der Waals surface area contributed by atoms with Crippen molar-refractivity contribution in [2.24, 2.45) is 4.99 Å². The molecule has 0 saturated heterocycles. The molecule has 0 aliphatic carbocycles. The van der Waals surface area contributed by atoms with Gasteiger partial charge < -0.3 is 14.0 Å². The molecule has 0 aliphatic heterocycles. The lowest BCUT2D eigenvalue weighted by atomic mass is 10.3. The zero-order valence-corrected chi connectivity index (χ0v) is 17.2. The number of nitrogens with zero attached hydrogens (tertiary/aromatic N) is 2. The van der Waals surface area contributed by atoms with Crippen LogP contribution in [-0.4, -0.2) is 30.2 Å². The van der Waals surface area contributed by atoms with Gasteiger partial charge in [0.2, 0.25) is 0 Å². The van der Waals surface area contributed by atoms with Crippen molar-refractivity contribution in [3.63, 3.8) is 0 Å². The maximum absolute atomic E-state index is 12.5. The molecular weight excluding hydrogens is 440 g/mol. The first kappa shape index (κ1) is 18.8. The molecule has 0 N–H and O–H groups in total. The van der Waals surface area contributed by atoms with Crippen molar-refractivity contribution in [2.75, 3.05) is 13.7 Å². The highest BCUT2D eigenvalue weighted by molar-refractivity contribution is 9.11. The van der Waals surface area contributed by atoms with Gasteiger partial charge in [0.15, 0.2) is 4.80 Å². The normalized spacial score (nSPS) is 11.7. The van der Waals surface area contributed by atoms with E-state index in [1.807, 2.05) is 25.1 Å². The molecule has 2 aromatic heterocycles. The van der Waals surface area contributed by atoms with E-state index in [-0.39, 0.29) is 12.5 Å². The molecule has 9 heteroatoms. The Kier molecular flexibility index (Phi) is 5.90. The Hall–Kier alpha value is -1.97. The smallest absolute Gasteiger partial charge is 0.325 e. The molecule has 0 unspecified atom stereocenters. The van der Waals surface area contributed by atoms with Gasteiger partial charge in [-0.05, 0) is 53.2 Å². The lowest BCUT2D eigenvalue weighted by molar-refractivity contribution is -0.141. The molecule has 1 amide bonds. The van der Waals surface area contributed by atoms with Crippen molar-refractivity contribution in [3.05, 3.63) is 43.8 Å². The van der Waals surface area contributed by atoms with Crippen molar-refractivity contribution >= 4 is 60.7 Å². The Bertz CT molecular complexity index is 1030. The molecule has 0 radical (unpaired) electrons. The number of methoxy groups -OCH3 is 1. The number of halogens is 1. The van der Waals surface area contributed by atoms with E-state index < -0.39 is 5.97 Å². The quantitative estimate of drug-likeness (QED) is 0.549. The number of hydrogen-bond donors (Lipinski definition) is 0. The number of amides is 1. The molecule has 0 spiro atoms. The van der Waals surface area contributed by atoms with Crippen LogP contribution in [0.1, 0.15) is 16.6 Å². The van der Waals surface area contributed by atoms with Crippen LogP contribution in [0, 0.1) is 0 Å². The van der Waals surface area contributed by atoms with Gasteiger partial charge >= 0.3 is 5.97 Å². The monoisotopic (exact) mass is 454 g/mol. The van der Waals surface area contributed by atoms with E-state index >= 15 is 0 Å². The number of rotatable bonds is 5. The first-order valence-electron chi connectivity index (χ1n) is 7.69. The molecule has 1 aromatic carbocycles. The predicted octanol–water partition coefficient (Wildman–Crippen LogP) is 3.84. The topological polar surface area (TPSA) is 69.9 Å². The van der Waals surface area contributed by atoms with Crippen molar-refractivity contribution in [1.82, 2.24) is 4.57 Å². The molecule has 0 atom stereocenters. The van der Waals surface area contributed by atoms with Crippen LogP contribution < -0.4 is 9.54 Å². The Morgan fingerprint density at radius 2 is 2.04 bits per heavy atom. The summed E-state index contributed by atoms with van der Waals surface area (Å²) in [4.78, 5) is 29.5. The number of thiophene rings is 1. The summed E-state index contributed by atoms with van der Waals surface area (Å²) in [5.74, 6) is -0.0335. The maximum Gasteiger partial charge on any atom is 0.325 e. The first-order valence-corrected chi connectivity index (χ1v) is 10.1. The molecular formula is C17H15BrN2O4S2. The van der Waals surface area contributed by atoms with Crippen molar-refractivity contribution in [3.8, 4) is 5.75 Å². The molecule has 3 rings (SSSR count). The summed E-state index contributed by atoms with van der Waals surface area (Å²) in [6.07, 6.45) is 0. The van der Waals surface area contributed by atoms with Crippen LogP contribution in [0.2, 0.25) is 0 Å². The molecule has 0 saturated carbocycles. The second kappa shape index (κ2) is 8.15. The van der Waals surface area contributed by atoms with Crippen molar-refractivity contribution in [2.45, 2.75) is 13.5 Å². The standard InChI is InChI=1S/C17H15BrN2O4S2/c1-3-24-10-4-5-11-13(8-10)26-17(20(11)9-15(21)23-2)19-16(22)12-6-7-14(18)25-12/h4-8H,3,9H2,1-2H3. The fraction of sp³-hybridized carbons (Fsp3) is 0.235. The van der Waals surface area contributed by atoms with Gasteiger partial charge in [0, 0.05) is 0 Å². The van der Waals surface area contributed by atoms with Gasteiger partial charge in [-0.25, -0.2) is 0 Å². The van der Waals surface area contributed by atoms with Gasteiger partial charge in [0.1, 0.15) is 12.3 Å². The number of thiazole rings is 1. The minimum atomic E-state index is -0.411. The minimum absolute atomic E-state index is 0.0231. The highest BCUT2D eigenvalue weighted by Gasteiger charge is 2.14. The van der Waals surface area contributed by atoms with E-state index in [9.17, 15) is 9.59 Å². The third-order valence-electron chi connectivity index (χ3n) is 3.46. The maximum atomic E-state index is 12.5. The average Bonchev–Trinajstić information content (AvgIpc) is 3.19. The fourth-order valence-electron chi connectivity index (χ4n) is 2.31. The van der Waals surface area contributed by atoms with Gasteiger partial charge in [-0.1, -0.05) is 11.3 Å². The van der Waals surface area contributed by atoms with Gasteiger partial charge in [0.25, 0.3) is 5.91 Å². The average molecular weight is 455 g/mol. The number of hydrogen-bond acceptors (Lipinski definition) is 6. The third kappa shape index (κ3) is 4.05. The van der Waals surface area contributed by atoms with E-state index in [4.69, 9.17) is 9.47 Å². The van der Waals surface area contributed by atoms with E-state index in [0.29, 0.717) is 16.3 Å². The summed E-state index contributed by atoms with van der Waals surface area (Å²) in [5, 5.41) is 0. The van der Waals surface area contributed by atoms with Crippen LogP contribution in [0.5, 0.6) is 5.75 Å².